The zero-order valence-electron chi connectivity index (χ0n) is 12.4. The Labute approximate surface area is 133 Å². The molecule has 2 atom stereocenters. The number of amides is 1. The van der Waals surface area contributed by atoms with Gasteiger partial charge in [0, 0.05) is 27.2 Å². The second-order valence-corrected chi connectivity index (χ2v) is 5.33. The summed E-state index contributed by atoms with van der Waals surface area (Å²) in [6.45, 7) is 2.58. The number of hydrogen-bond donors (Lipinski definition) is 2. The first kappa shape index (κ1) is 18.5. The van der Waals surface area contributed by atoms with E-state index in [0.717, 1.165) is 11.9 Å². The molecule has 1 rings (SSSR count). The van der Waals surface area contributed by atoms with Gasteiger partial charge in [-0.05, 0) is 18.8 Å². The van der Waals surface area contributed by atoms with Crippen LogP contribution in [0.4, 0.5) is 0 Å². The molecule has 0 spiro atoms. The molecule has 6 heteroatoms. The number of hydrogen-bond acceptors (Lipinski definition) is 2. The highest BCUT2D eigenvalue weighted by Crippen LogP contribution is 2.23. The topological polar surface area (TPSA) is 56.7 Å². The molecule has 0 aliphatic heterocycles. The van der Waals surface area contributed by atoms with Crippen molar-refractivity contribution in [2.45, 2.75) is 38.6 Å². The lowest BCUT2D eigenvalue weighted by molar-refractivity contribution is -0.127. The lowest BCUT2D eigenvalue weighted by Gasteiger charge is -2.28. The van der Waals surface area contributed by atoms with Gasteiger partial charge in [-0.25, -0.2) is 0 Å². The molecule has 1 fully saturated rings. The van der Waals surface area contributed by atoms with Gasteiger partial charge in [-0.15, -0.1) is 24.0 Å². The molecule has 1 aliphatic carbocycles. The van der Waals surface area contributed by atoms with E-state index in [0.29, 0.717) is 6.04 Å². The molecule has 112 valence electrons. The molecule has 5 nitrogen and oxygen atoms in total. The molecule has 0 aromatic heterocycles. The maximum absolute atomic E-state index is 11.5. The normalized spacial score (nSPS) is 23.3. The minimum atomic E-state index is 0. The summed E-state index contributed by atoms with van der Waals surface area (Å²) in [5, 5.41) is 6.46. The Kier molecular flexibility index (Phi) is 9.12. The molecule has 2 unspecified atom stereocenters. The maximum atomic E-state index is 11.5. The van der Waals surface area contributed by atoms with E-state index in [2.05, 4.69) is 22.5 Å². The van der Waals surface area contributed by atoms with Gasteiger partial charge in [0.05, 0.1) is 6.54 Å². The van der Waals surface area contributed by atoms with Crippen LogP contribution in [-0.4, -0.2) is 50.5 Å². The molecule has 1 saturated carbocycles. The Morgan fingerprint density at radius 2 is 2.05 bits per heavy atom. The standard InChI is InChI=1S/C13H26N4O.HI/c1-10-6-5-7-11(8-10)16-13(14-2)15-9-12(18)17(3)4;/h10-11H,5-9H2,1-4H3,(H2,14,15,16);1H. The minimum absolute atomic E-state index is 0. The van der Waals surface area contributed by atoms with E-state index >= 15 is 0 Å². The number of carbonyl (C=O) groups is 1. The Balaban J connectivity index is 0.00000324. The maximum Gasteiger partial charge on any atom is 0.241 e. The number of rotatable bonds is 3. The third-order valence-electron chi connectivity index (χ3n) is 3.41. The van der Waals surface area contributed by atoms with Crippen molar-refractivity contribution in [2.24, 2.45) is 10.9 Å². The van der Waals surface area contributed by atoms with Crippen LogP contribution in [0.2, 0.25) is 0 Å². The van der Waals surface area contributed by atoms with Gasteiger partial charge < -0.3 is 15.5 Å². The molecule has 0 saturated heterocycles. The van der Waals surface area contributed by atoms with Crippen LogP contribution in [0.15, 0.2) is 4.99 Å². The van der Waals surface area contributed by atoms with E-state index in [4.69, 9.17) is 0 Å². The van der Waals surface area contributed by atoms with E-state index in [9.17, 15) is 4.79 Å². The fraction of sp³-hybridized carbons (Fsp3) is 0.846. The Morgan fingerprint density at radius 3 is 2.58 bits per heavy atom. The smallest absolute Gasteiger partial charge is 0.241 e. The van der Waals surface area contributed by atoms with E-state index < -0.39 is 0 Å². The van der Waals surface area contributed by atoms with Crippen LogP contribution >= 0.6 is 24.0 Å². The summed E-state index contributed by atoms with van der Waals surface area (Å²) in [6.07, 6.45) is 4.96. The summed E-state index contributed by atoms with van der Waals surface area (Å²) in [4.78, 5) is 17.2. The quantitative estimate of drug-likeness (QED) is 0.441. The second-order valence-electron chi connectivity index (χ2n) is 5.33. The van der Waals surface area contributed by atoms with Gasteiger partial charge in [-0.3, -0.25) is 9.79 Å². The fourth-order valence-corrected chi connectivity index (χ4v) is 2.27. The molecular formula is C13H27IN4O. The minimum Gasteiger partial charge on any atom is -0.354 e. The van der Waals surface area contributed by atoms with Crippen LogP contribution in [0, 0.1) is 5.92 Å². The van der Waals surface area contributed by atoms with Crippen LogP contribution in [-0.2, 0) is 4.79 Å². The highest BCUT2D eigenvalue weighted by atomic mass is 127. The van der Waals surface area contributed by atoms with Gasteiger partial charge in [0.1, 0.15) is 0 Å². The van der Waals surface area contributed by atoms with E-state index in [1.54, 1.807) is 26.0 Å². The third-order valence-corrected chi connectivity index (χ3v) is 3.41. The van der Waals surface area contributed by atoms with Crippen molar-refractivity contribution in [1.29, 1.82) is 0 Å². The summed E-state index contributed by atoms with van der Waals surface area (Å²) in [6, 6.07) is 0.481. The fourth-order valence-electron chi connectivity index (χ4n) is 2.27. The van der Waals surface area contributed by atoms with Crippen molar-refractivity contribution < 1.29 is 4.79 Å². The molecule has 1 amide bonds. The number of halogens is 1. The first-order chi connectivity index (χ1) is 8.52. The second kappa shape index (κ2) is 9.39. The first-order valence-electron chi connectivity index (χ1n) is 6.70. The molecular weight excluding hydrogens is 355 g/mol. The van der Waals surface area contributed by atoms with E-state index in [1.165, 1.54) is 25.7 Å². The highest BCUT2D eigenvalue weighted by Gasteiger charge is 2.19. The number of carbonyl (C=O) groups excluding carboxylic acids is 1. The predicted octanol–water partition coefficient (Wildman–Crippen LogP) is 1.44. The molecule has 0 aromatic rings. The summed E-state index contributed by atoms with van der Waals surface area (Å²) < 4.78 is 0. The molecule has 0 heterocycles. The van der Waals surface area contributed by atoms with Crippen LogP contribution < -0.4 is 10.6 Å². The number of likely N-dealkylation sites (N-methyl/N-ethyl adjacent to an activating group) is 1. The zero-order valence-corrected chi connectivity index (χ0v) is 14.7. The summed E-state index contributed by atoms with van der Waals surface area (Å²) in [5.74, 6) is 1.55. The summed E-state index contributed by atoms with van der Waals surface area (Å²) >= 11 is 0. The molecule has 0 radical (unpaired) electrons. The lowest BCUT2D eigenvalue weighted by atomic mass is 9.87. The molecule has 1 aliphatic rings. The predicted molar refractivity (Wildman–Crippen MR) is 90.0 cm³/mol. The SMILES string of the molecule is CN=C(NCC(=O)N(C)C)NC1CCCC(C)C1.I. The van der Waals surface area contributed by atoms with Crippen LogP contribution in [0.3, 0.4) is 0 Å². The average molecular weight is 382 g/mol. The van der Waals surface area contributed by atoms with Crippen molar-refractivity contribution in [3.63, 3.8) is 0 Å². The molecule has 0 bridgehead atoms. The van der Waals surface area contributed by atoms with Gasteiger partial charge in [-0.1, -0.05) is 19.8 Å². The monoisotopic (exact) mass is 382 g/mol. The number of nitrogens with zero attached hydrogens (tertiary/aromatic N) is 2. The van der Waals surface area contributed by atoms with Gasteiger partial charge >= 0.3 is 0 Å². The summed E-state index contributed by atoms with van der Waals surface area (Å²) in [7, 11) is 5.24. The first-order valence-corrected chi connectivity index (χ1v) is 6.70. The van der Waals surface area contributed by atoms with Gasteiger partial charge in [0.2, 0.25) is 5.91 Å². The van der Waals surface area contributed by atoms with Gasteiger partial charge in [-0.2, -0.15) is 0 Å². The van der Waals surface area contributed by atoms with Gasteiger partial charge in [0.15, 0.2) is 5.96 Å². The Morgan fingerprint density at radius 1 is 1.37 bits per heavy atom. The van der Waals surface area contributed by atoms with Crippen LogP contribution in [0.1, 0.15) is 32.6 Å². The molecule has 19 heavy (non-hydrogen) atoms. The lowest BCUT2D eigenvalue weighted by Crippen LogP contribution is -2.47. The molecule has 0 aromatic carbocycles. The number of guanidine groups is 1. The highest BCUT2D eigenvalue weighted by molar-refractivity contribution is 14.0. The van der Waals surface area contributed by atoms with Crippen LogP contribution in [0.25, 0.3) is 0 Å². The Bertz CT molecular complexity index is 307. The van der Waals surface area contributed by atoms with E-state index in [1.807, 2.05) is 0 Å². The van der Waals surface area contributed by atoms with E-state index in [-0.39, 0.29) is 36.4 Å². The van der Waals surface area contributed by atoms with Crippen molar-refractivity contribution in [3.05, 3.63) is 0 Å². The third kappa shape index (κ3) is 6.98. The van der Waals surface area contributed by atoms with Crippen molar-refractivity contribution in [3.8, 4) is 0 Å². The van der Waals surface area contributed by atoms with Crippen molar-refractivity contribution in [2.75, 3.05) is 27.7 Å². The number of aliphatic imine (C=N–C) groups is 1. The van der Waals surface area contributed by atoms with Crippen LogP contribution in [0.5, 0.6) is 0 Å². The average Bonchev–Trinajstić information content (AvgIpc) is 2.33. The largest absolute Gasteiger partial charge is 0.354 e. The summed E-state index contributed by atoms with van der Waals surface area (Å²) in [5.41, 5.74) is 0. The zero-order chi connectivity index (χ0) is 13.5. The molecule has 2 N–H and O–H groups in total. The van der Waals surface area contributed by atoms with Crippen molar-refractivity contribution >= 4 is 35.8 Å². The van der Waals surface area contributed by atoms with Gasteiger partial charge in [0.25, 0.3) is 0 Å². The Hall–Kier alpha value is -0.530. The van der Waals surface area contributed by atoms with Crippen molar-refractivity contribution in [1.82, 2.24) is 15.5 Å². The number of nitrogens with one attached hydrogen (secondary N) is 2.